The standard InChI is InChI=1S/C11H10ClN3O2/c1-6-9(11(16)17-2)15-10(14-6)8-4-3-7(12)5-13-8/h3-5H,1-2H3,(H,14,15). The fourth-order valence-electron chi connectivity index (χ4n) is 1.39. The first-order chi connectivity index (χ1) is 8.11. The zero-order valence-electron chi connectivity index (χ0n) is 9.32. The van der Waals surface area contributed by atoms with E-state index in [0.717, 1.165) is 0 Å². The average Bonchev–Trinajstić information content (AvgIpc) is 2.71. The lowest BCUT2D eigenvalue weighted by Crippen LogP contribution is -2.03. The monoisotopic (exact) mass is 251 g/mol. The number of rotatable bonds is 2. The fourth-order valence-corrected chi connectivity index (χ4v) is 1.50. The van der Waals surface area contributed by atoms with E-state index in [0.29, 0.717) is 22.2 Å². The molecule has 0 unspecified atom stereocenters. The molecule has 5 nitrogen and oxygen atoms in total. The van der Waals surface area contributed by atoms with Gasteiger partial charge in [0.05, 0.1) is 12.1 Å². The minimum atomic E-state index is -0.473. The predicted octanol–water partition coefficient (Wildman–Crippen LogP) is 2.22. The van der Waals surface area contributed by atoms with Crippen LogP contribution >= 0.6 is 11.6 Å². The number of carbonyl (C=O) groups excluding carboxylic acids is 1. The smallest absolute Gasteiger partial charge is 0.358 e. The Bertz CT molecular complexity index is 548. The molecular formula is C11H10ClN3O2. The van der Waals surface area contributed by atoms with Gasteiger partial charge in [-0.25, -0.2) is 9.78 Å². The highest BCUT2D eigenvalue weighted by atomic mass is 35.5. The average molecular weight is 252 g/mol. The number of methoxy groups -OCH3 is 1. The van der Waals surface area contributed by atoms with E-state index >= 15 is 0 Å². The molecular weight excluding hydrogens is 242 g/mol. The number of ether oxygens (including phenoxy) is 1. The molecule has 17 heavy (non-hydrogen) atoms. The number of nitrogens with zero attached hydrogens (tertiary/aromatic N) is 2. The lowest BCUT2D eigenvalue weighted by Gasteiger charge is -1.95. The Hall–Kier alpha value is -1.88. The molecule has 88 valence electrons. The minimum absolute atomic E-state index is 0.263. The fraction of sp³-hybridized carbons (Fsp3) is 0.182. The highest BCUT2D eigenvalue weighted by molar-refractivity contribution is 6.30. The van der Waals surface area contributed by atoms with Crippen molar-refractivity contribution in [3.05, 3.63) is 34.7 Å². The number of pyridine rings is 1. The van der Waals surface area contributed by atoms with E-state index in [1.807, 2.05) is 0 Å². The topological polar surface area (TPSA) is 67.9 Å². The molecule has 0 aliphatic rings. The van der Waals surface area contributed by atoms with Crippen LogP contribution in [0.5, 0.6) is 0 Å². The van der Waals surface area contributed by atoms with Crippen LogP contribution in [0.4, 0.5) is 0 Å². The van der Waals surface area contributed by atoms with Crippen molar-refractivity contribution in [2.24, 2.45) is 0 Å². The van der Waals surface area contributed by atoms with E-state index in [-0.39, 0.29) is 5.69 Å². The molecule has 0 spiro atoms. The summed E-state index contributed by atoms with van der Waals surface area (Å²) in [6.07, 6.45) is 1.52. The summed E-state index contributed by atoms with van der Waals surface area (Å²) in [5, 5.41) is 0.546. The highest BCUT2D eigenvalue weighted by Gasteiger charge is 2.16. The number of carbonyl (C=O) groups is 1. The van der Waals surface area contributed by atoms with Gasteiger partial charge >= 0.3 is 5.97 Å². The first kappa shape index (κ1) is 11.6. The van der Waals surface area contributed by atoms with E-state index in [1.165, 1.54) is 13.3 Å². The van der Waals surface area contributed by atoms with E-state index in [4.69, 9.17) is 11.6 Å². The van der Waals surface area contributed by atoms with Crippen LogP contribution in [-0.2, 0) is 4.74 Å². The summed E-state index contributed by atoms with van der Waals surface area (Å²) in [7, 11) is 1.32. The number of esters is 1. The van der Waals surface area contributed by atoms with Gasteiger partial charge in [0.1, 0.15) is 5.69 Å². The predicted molar refractivity (Wildman–Crippen MR) is 62.9 cm³/mol. The van der Waals surface area contributed by atoms with Gasteiger partial charge in [-0.1, -0.05) is 11.6 Å². The summed E-state index contributed by atoms with van der Waals surface area (Å²) in [5.41, 5.74) is 1.52. The van der Waals surface area contributed by atoms with Crippen LogP contribution in [-0.4, -0.2) is 28.0 Å². The van der Waals surface area contributed by atoms with Crippen molar-refractivity contribution in [3.8, 4) is 11.5 Å². The third kappa shape index (κ3) is 2.29. The molecule has 0 saturated carbocycles. The van der Waals surface area contributed by atoms with Gasteiger partial charge in [0.25, 0.3) is 0 Å². The number of halogens is 1. The Morgan fingerprint density at radius 1 is 1.47 bits per heavy atom. The lowest BCUT2D eigenvalue weighted by molar-refractivity contribution is 0.0594. The van der Waals surface area contributed by atoms with Gasteiger partial charge in [-0.05, 0) is 19.1 Å². The van der Waals surface area contributed by atoms with Crippen LogP contribution in [0.1, 0.15) is 16.2 Å². The first-order valence-electron chi connectivity index (χ1n) is 4.88. The highest BCUT2D eigenvalue weighted by Crippen LogP contribution is 2.17. The van der Waals surface area contributed by atoms with E-state index in [2.05, 4.69) is 19.7 Å². The molecule has 0 aromatic carbocycles. The van der Waals surface area contributed by atoms with E-state index < -0.39 is 5.97 Å². The summed E-state index contributed by atoms with van der Waals surface area (Å²) in [4.78, 5) is 22.6. The minimum Gasteiger partial charge on any atom is -0.464 e. The van der Waals surface area contributed by atoms with Crippen molar-refractivity contribution in [1.82, 2.24) is 15.0 Å². The maximum Gasteiger partial charge on any atom is 0.358 e. The molecule has 0 amide bonds. The van der Waals surface area contributed by atoms with Crippen molar-refractivity contribution in [1.29, 1.82) is 0 Å². The normalized spacial score (nSPS) is 10.3. The number of nitrogens with one attached hydrogen (secondary N) is 1. The molecule has 6 heteroatoms. The molecule has 2 heterocycles. The molecule has 2 rings (SSSR count). The SMILES string of the molecule is COC(=O)c1nc(-c2ccc(Cl)cn2)[nH]c1C. The summed E-state index contributed by atoms with van der Waals surface area (Å²) in [5.74, 6) is 0.0403. The molecule has 0 saturated heterocycles. The molecule has 2 aromatic rings. The summed E-state index contributed by atoms with van der Waals surface area (Å²) in [6.45, 7) is 1.75. The van der Waals surface area contributed by atoms with Crippen LogP contribution in [0.2, 0.25) is 5.02 Å². The molecule has 0 radical (unpaired) electrons. The van der Waals surface area contributed by atoms with Crippen LogP contribution in [0, 0.1) is 6.92 Å². The lowest BCUT2D eigenvalue weighted by atomic mass is 10.3. The van der Waals surface area contributed by atoms with Crippen LogP contribution in [0.15, 0.2) is 18.3 Å². The van der Waals surface area contributed by atoms with Crippen molar-refractivity contribution in [2.75, 3.05) is 7.11 Å². The maximum atomic E-state index is 11.4. The summed E-state index contributed by atoms with van der Waals surface area (Å²) < 4.78 is 4.62. The Morgan fingerprint density at radius 3 is 2.82 bits per heavy atom. The van der Waals surface area contributed by atoms with Crippen molar-refractivity contribution in [2.45, 2.75) is 6.92 Å². The third-order valence-electron chi connectivity index (χ3n) is 2.23. The van der Waals surface area contributed by atoms with Gasteiger partial charge in [-0.15, -0.1) is 0 Å². The molecule has 0 bridgehead atoms. The van der Waals surface area contributed by atoms with Crippen LogP contribution < -0.4 is 0 Å². The number of imidazole rings is 1. The van der Waals surface area contributed by atoms with Gasteiger partial charge in [-0.3, -0.25) is 4.98 Å². The quantitative estimate of drug-likeness (QED) is 0.831. The van der Waals surface area contributed by atoms with Crippen molar-refractivity contribution in [3.63, 3.8) is 0 Å². The number of hydrogen-bond acceptors (Lipinski definition) is 4. The van der Waals surface area contributed by atoms with Gasteiger partial charge in [0.15, 0.2) is 11.5 Å². The van der Waals surface area contributed by atoms with Gasteiger partial charge in [-0.2, -0.15) is 0 Å². The molecule has 0 aliphatic carbocycles. The molecule has 0 atom stereocenters. The van der Waals surface area contributed by atoms with Gasteiger partial charge in [0.2, 0.25) is 0 Å². The summed E-state index contributed by atoms with van der Waals surface area (Å²) >= 11 is 5.74. The van der Waals surface area contributed by atoms with Gasteiger partial charge < -0.3 is 9.72 Å². The number of aryl methyl sites for hydroxylation is 1. The van der Waals surface area contributed by atoms with Crippen molar-refractivity contribution < 1.29 is 9.53 Å². The molecule has 0 aliphatic heterocycles. The van der Waals surface area contributed by atoms with Crippen LogP contribution in [0.25, 0.3) is 11.5 Å². The second-order valence-corrected chi connectivity index (χ2v) is 3.85. The Morgan fingerprint density at radius 2 is 2.24 bits per heavy atom. The zero-order valence-corrected chi connectivity index (χ0v) is 10.1. The number of aromatic nitrogens is 3. The largest absolute Gasteiger partial charge is 0.464 e. The van der Waals surface area contributed by atoms with Crippen molar-refractivity contribution >= 4 is 17.6 Å². The molecule has 1 N–H and O–H groups in total. The zero-order chi connectivity index (χ0) is 12.4. The maximum absolute atomic E-state index is 11.4. The molecule has 0 fully saturated rings. The van der Waals surface area contributed by atoms with Gasteiger partial charge in [0, 0.05) is 11.9 Å². The second kappa shape index (κ2) is 4.55. The van der Waals surface area contributed by atoms with Crippen LogP contribution in [0.3, 0.4) is 0 Å². The number of H-pyrrole nitrogens is 1. The van der Waals surface area contributed by atoms with E-state index in [1.54, 1.807) is 19.1 Å². The molecule has 2 aromatic heterocycles. The Labute approximate surface area is 103 Å². The summed E-state index contributed by atoms with van der Waals surface area (Å²) in [6, 6.07) is 3.43. The number of aromatic amines is 1. The Balaban J connectivity index is 2.41. The van der Waals surface area contributed by atoms with E-state index in [9.17, 15) is 4.79 Å². The second-order valence-electron chi connectivity index (χ2n) is 3.41. The first-order valence-corrected chi connectivity index (χ1v) is 5.26. The third-order valence-corrected chi connectivity index (χ3v) is 2.46. The number of hydrogen-bond donors (Lipinski definition) is 1. The Kier molecular flexibility index (Phi) is 3.10.